The molecule has 9 nitrogen and oxygen atoms in total. The van der Waals surface area contributed by atoms with Gasteiger partial charge in [-0.25, -0.2) is 14.8 Å². The summed E-state index contributed by atoms with van der Waals surface area (Å²) in [4.78, 5) is 30.8. The van der Waals surface area contributed by atoms with E-state index in [1.807, 2.05) is 6.07 Å². The minimum Gasteiger partial charge on any atom is -0.476 e. The molecule has 0 aliphatic heterocycles. The van der Waals surface area contributed by atoms with Crippen LogP contribution in [0.1, 0.15) is 21.0 Å². The van der Waals surface area contributed by atoms with Crippen LogP contribution in [0.2, 0.25) is 0 Å². The van der Waals surface area contributed by atoms with Crippen LogP contribution in [0.15, 0.2) is 49.3 Å². The molecule has 0 unspecified atom stereocenters. The van der Waals surface area contributed by atoms with Crippen molar-refractivity contribution in [2.45, 2.75) is 0 Å². The molecule has 0 aliphatic rings. The van der Waals surface area contributed by atoms with Gasteiger partial charge in [0, 0.05) is 18.1 Å². The molecule has 3 rings (SSSR count). The van der Waals surface area contributed by atoms with Crippen LogP contribution in [-0.4, -0.2) is 41.7 Å². The Morgan fingerprint density at radius 2 is 1.74 bits per heavy atom. The summed E-state index contributed by atoms with van der Waals surface area (Å²) < 4.78 is 1.67. The highest BCUT2D eigenvalue weighted by Crippen LogP contribution is 2.15. The summed E-state index contributed by atoms with van der Waals surface area (Å²) in [5.74, 6) is -1.97. The van der Waals surface area contributed by atoms with Crippen LogP contribution < -0.4 is 5.32 Å². The van der Waals surface area contributed by atoms with E-state index in [0.717, 1.165) is 5.69 Å². The van der Waals surface area contributed by atoms with E-state index in [1.165, 1.54) is 25.0 Å². The SMILES string of the molecule is O=C(O)c1nccnc1C(=O)Nc1cccc(-n2cnnc2)c1. The summed E-state index contributed by atoms with van der Waals surface area (Å²) in [5, 5.41) is 19.1. The molecule has 0 saturated heterocycles. The van der Waals surface area contributed by atoms with Gasteiger partial charge in [-0.3, -0.25) is 9.36 Å². The standard InChI is InChI=1S/C14H10N6O3/c21-13(11-12(14(22)23)16-5-4-15-11)19-9-2-1-3-10(6-9)20-7-17-18-8-20/h1-8H,(H,19,21)(H,22,23). The van der Waals surface area contributed by atoms with Crippen molar-refractivity contribution in [1.29, 1.82) is 0 Å². The van der Waals surface area contributed by atoms with Crippen LogP contribution in [0.25, 0.3) is 5.69 Å². The van der Waals surface area contributed by atoms with Gasteiger partial charge in [-0.15, -0.1) is 10.2 Å². The Labute approximate surface area is 129 Å². The van der Waals surface area contributed by atoms with Crippen LogP contribution >= 0.6 is 0 Å². The fourth-order valence-corrected chi connectivity index (χ4v) is 1.93. The zero-order chi connectivity index (χ0) is 16.2. The first-order valence-corrected chi connectivity index (χ1v) is 6.46. The second-order valence-corrected chi connectivity index (χ2v) is 4.43. The van der Waals surface area contributed by atoms with Gasteiger partial charge >= 0.3 is 5.97 Å². The number of hydrogen-bond donors (Lipinski definition) is 2. The lowest BCUT2D eigenvalue weighted by Crippen LogP contribution is -2.19. The number of nitrogens with one attached hydrogen (secondary N) is 1. The molecule has 1 aromatic carbocycles. The average Bonchev–Trinajstić information content (AvgIpc) is 3.09. The maximum atomic E-state index is 12.2. The molecule has 0 aliphatic carbocycles. The Morgan fingerprint density at radius 1 is 1.04 bits per heavy atom. The number of amides is 1. The number of carboxylic acid groups (broad SMARTS) is 1. The number of carbonyl (C=O) groups is 2. The molecule has 114 valence electrons. The number of anilines is 1. The third kappa shape index (κ3) is 3.02. The topological polar surface area (TPSA) is 123 Å². The third-order valence-electron chi connectivity index (χ3n) is 2.94. The number of hydrogen-bond acceptors (Lipinski definition) is 6. The lowest BCUT2D eigenvalue weighted by atomic mass is 10.2. The molecule has 0 fully saturated rings. The van der Waals surface area contributed by atoms with E-state index in [-0.39, 0.29) is 5.69 Å². The number of nitrogens with zero attached hydrogens (tertiary/aromatic N) is 5. The molecule has 23 heavy (non-hydrogen) atoms. The number of benzene rings is 1. The molecule has 0 bridgehead atoms. The first-order valence-electron chi connectivity index (χ1n) is 6.46. The van der Waals surface area contributed by atoms with Gasteiger partial charge in [-0.05, 0) is 18.2 Å². The second kappa shape index (κ2) is 6.02. The molecule has 1 amide bonds. The lowest BCUT2D eigenvalue weighted by Gasteiger charge is -2.08. The van der Waals surface area contributed by atoms with Gasteiger partial charge in [-0.1, -0.05) is 6.07 Å². The predicted octanol–water partition coefficient (Wildman–Crippen LogP) is 1.01. The zero-order valence-corrected chi connectivity index (χ0v) is 11.6. The van der Waals surface area contributed by atoms with Crippen molar-refractivity contribution in [3.63, 3.8) is 0 Å². The van der Waals surface area contributed by atoms with Crippen molar-refractivity contribution in [3.05, 3.63) is 60.7 Å². The van der Waals surface area contributed by atoms with Crippen LogP contribution in [0, 0.1) is 0 Å². The average molecular weight is 310 g/mol. The van der Waals surface area contributed by atoms with Crippen LogP contribution in [-0.2, 0) is 0 Å². The molecule has 2 heterocycles. The second-order valence-electron chi connectivity index (χ2n) is 4.43. The summed E-state index contributed by atoms with van der Waals surface area (Å²) in [7, 11) is 0. The molecular weight excluding hydrogens is 300 g/mol. The fraction of sp³-hybridized carbons (Fsp3) is 0. The van der Waals surface area contributed by atoms with E-state index in [0.29, 0.717) is 5.69 Å². The lowest BCUT2D eigenvalue weighted by molar-refractivity contribution is 0.0685. The molecule has 0 saturated carbocycles. The largest absolute Gasteiger partial charge is 0.476 e. The van der Waals surface area contributed by atoms with Crippen LogP contribution in [0.3, 0.4) is 0 Å². The van der Waals surface area contributed by atoms with Crippen molar-refractivity contribution in [2.75, 3.05) is 5.32 Å². The molecule has 0 atom stereocenters. The van der Waals surface area contributed by atoms with Crippen molar-refractivity contribution in [2.24, 2.45) is 0 Å². The van der Waals surface area contributed by atoms with Crippen molar-refractivity contribution >= 4 is 17.6 Å². The highest BCUT2D eigenvalue weighted by atomic mass is 16.4. The normalized spacial score (nSPS) is 10.3. The van der Waals surface area contributed by atoms with Gasteiger partial charge in [0.1, 0.15) is 12.7 Å². The maximum absolute atomic E-state index is 12.2. The Morgan fingerprint density at radius 3 is 2.43 bits per heavy atom. The number of carbonyl (C=O) groups excluding carboxylic acids is 1. The Balaban J connectivity index is 1.87. The van der Waals surface area contributed by atoms with Crippen molar-refractivity contribution in [3.8, 4) is 5.69 Å². The van der Waals surface area contributed by atoms with Crippen molar-refractivity contribution in [1.82, 2.24) is 24.7 Å². The Kier molecular flexibility index (Phi) is 3.75. The van der Waals surface area contributed by atoms with Gasteiger partial charge in [0.15, 0.2) is 11.4 Å². The van der Waals surface area contributed by atoms with E-state index in [9.17, 15) is 9.59 Å². The Hall–Kier alpha value is -3.62. The van der Waals surface area contributed by atoms with Gasteiger partial charge in [0.25, 0.3) is 5.91 Å². The zero-order valence-electron chi connectivity index (χ0n) is 11.6. The van der Waals surface area contributed by atoms with Crippen LogP contribution in [0.4, 0.5) is 5.69 Å². The summed E-state index contributed by atoms with van der Waals surface area (Å²) in [6.45, 7) is 0. The van der Waals surface area contributed by atoms with Gasteiger partial charge in [0.2, 0.25) is 0 Å². The Bertz CT molecular complexity index is 862. The molecular formula is C14H10N6O3. The number of rotatable bonds is 4. The van der Waals surface area contributed by atoms with E-state index < -0.39 is 17.6 Å². The first-order chi connectivity index (χ1) is 11.1. The fourth-order valence-electron chi connectivity index (χ4n) is 1.93. The predicted molar refractivity (Wildman–Crippen MR) is 78.3 cm³/mol. The summed E-state index contributed by atoms with van der Waals surface area (Å²) >= 11 is 0. The van der Waals surface area contributed by atoms with Gasteiger partial charge < -0.3 is 10.4 Å². The van der Waals surface area contributed by atoms with E-state index >= 15 is 0 Å². The monoisotopic (exact) mass is 310 g/mol. The van der Waals surface area contributed by atoms with E-state index in [2.05, 4.69) is 25.5 Å². The molecule has 9 heteroatoms. The van der Waals surface area contributed by atoms with Gasteiger partial charge in [-0.2, -0.15) is 0 Å². The number of aromatic carboxylic acids is 1. The highest BCUT2D eigenvalue weighted by Gasteiger charge is 2.19. The summed E-state index contributed by atoms with van der Waals surface area (Å²) in [6.07, 6.45) is 5.51. The molecule has 0 spiro atoms. The smallest absolute Gasteiger partial charge is 0.356 e. The van der Waals surface area contributed by atoms with Crippen LogP contribution in [0.5, 0.6) is 0 Å². The number of aromatic nitrogens is 5. The molecule has 2 N–H and O–H groups in total. The molecule has 0 radical (unpaired) electrons. The summed E-state index contributed by atoms with van der Waals surface area (Å²) in [5.41, 5.74) is 0.559. The maximum Gasteiger partial charge on any atom is 0.356 e. The minimum absolute atomic E-state index is 0.255. The van der Waals surface area contributed by atoms with Gasteiger partial charge in [0.05, 0.1) is 5.69 Å². The minimum atomic E-state index is -1.32. The highest BCUT2D eigenvalue weighted by molar-refractivity contribution is 6.08. The number of carboxylic acids is 1. The molecule has 3 aromatic rings. The molecule has 2 aromatic heterocycles. The van der Waals surface area contributed by atoms with Crippen molar-refractivity contribution < 1.29 is 14.7 Å². The van der Waals surface area contributed by atoms with E-state index in [4.69, 9.17) is 5.11 Å². The van der Waals surface area contributed by atoms with E-state index in [1.54, 1.807) is 22.8 Å². The third-order valence-corrected chi connectivity index (χ3v) is 2.94. The first kappa shape index (κ1) is 14.3. The summed E-state index contributed by atoms with van der Waals surface area (Å²) in [6, 6.07) is 6.91. The quantitative estimate of drug-likeness (QED) is 0.737.